The van der Waals surface area contributed by atoms with Crippen molar-refractivity contribution in [1.82, 2.24) is 9.80 Å². The zero-order valence-corrected chi connectivity index (χ0v) is 15.3. The lowest BCUT2D eigenvalue weighted by Crippen LogP contribution is -2.28. The summed E-state index contributed by atoms with van der Waals surface area (Å²) in [7, 11) is 0. The van der Waals surface area contributed by atoms with Crippen molar-refractivity contribution >= 4 is 11.6 Å². The fourth-order valence-electron chi connectivity index (χ4n) is 3.45. The Morgan fingerprint density at radius 3 is 1.46 bits per heavy atom. The SMILES string of the molecule is CC(=O)C(C(C)=O)=C1N(Cc2ccccc2)CCN1Cc1ccccc1. The predicted molar refractivity (Wildman–Crippen MR) is 102 cm³/mol. The molecule has 1 saturated heterocycles. The number of hydrogen-bond donors (Lipinski definition) is 0. The summed E-state index contributed by atoms with van der Waals surface area (Å²) in [6, 6.07) is 20.3. The highest BCUT2D eigenvalue weighted by Gasteiger charge is 2.31. The molecule has 0 saturated carbocycles. The maximum atomic E-state index is 12.2. The fraction of sp³-hybridized carbons (Fsp3) is 0.273. The molecule has 1 heterocycles. The summed E-state index contributed by atoms with van der Waals surface area (Å²) in [5.74, 6) is 0.411. The first-order valence-corrected chi connectivity index (χ1v) is 8.90. The lowest BCUT2D eigenvalue weighted by atomic mass is 10.1. The van der Waals surface area contributed by atoms with E-state index in [0.717, 1.165) is 30.0 Å². The third-order valence-corrected chi connectivity index (χ3v) is 4.60. The van der Waals surface area contributed by atoms with Crippen LogP contribution >= 0.6 is 0 Å². The zero-order valence-electron chi connectivity index (χ0n) is 15.3. The second-order valence-electron chi connectivity index (χ2n) is 6.63. The Morgan fingerprint density at radius 2 is 1.12 bits per heavy atom. The zero-order chi connectivity index (χ0) is 18.5. The van der Waals surface area contributed by atoms with E-state index in [1.807, 2.05) is 36.4 Å². The molecule has 0 spiro atoms. The number of allylic oxidation sites excluding steroid dienone is 1. The standard InChI is InChI=1S/C22H24N2O2/c1-17(25)21(18(2)26)22-23(15-19-9-5-3-6-10-19)13-14-24(22)16-20-11-7-4-8-12-20/h3-12H,13-16H2,1-2H3. The Hall–Kier alpha value is -2.88. The lowest BCUT2D eigenvalue weighted by Gasteiger charge is -2.27. The van der Waals surface area contributed by atoms with E-state index in [9.17, 15) is 9.59 Å². The summed E-state index contributed by atoms with van der Waals surface area (Å²) >= 11 is 0. The maximum Gasteiger partial charge on any atom is 0.167 e. The highest BCUT2D eigenvalue weighted by atomic mass is 16.1. The van der Waals surface area contributed by atoms with Gasteiger partial charge in [0.1, 0.15) is 11.4 Å². The van der Waals surface area contributed by atoms with Crippen molar-refractivity contribution in [1.29, 1.82) is 0 Å². The number of carbonyl (C=O) groups is 2. The molecule has 0 unspecified atom stereocenters. The van der Waals surface area contributed by atoms with Crippen LogP contribution < -0.4 is 0 Å². The quantitative estimate of drug-likeness (QED) is 0.456. The van der Waals surface area contributed by atoms with Crippen LogP contribution in [0.2, 0.25) is 0 Å². The molecule has 4 heteroatoms. The van der Waals surface area contributed by atoms with Crippen LogP contribution in [0.25, 0.3) is 0 Å². The number of hydrogen-bond acceptors (Lipinski definition) is 4. The highest BCUT2D eigenvalue weighted by Crippen LogP contribution is 2.27. The van der Waals surface area contributed by atoms with Crippen molar-refractivity contribution in [2.75, 3.05) is 13.1 Å². The van der Waals surface area contributed by atoms with E-state index in [4.69, 9.17) is 0 Å². The average molecular weight is 348 g/mol. The van der Waals surface area contributed by atoms with Crippen LogP contribution in [0, 0.1) is 0 Å². The Morgan fingerprint density at radius 1 is 0.731 bits per heavy atom. The number of ketones is 2. The number of benzene rings is 2. The van der Waals surface area contributed by atoms with Crippen molar-refractivity contribution in [2.24, 2.45) is 0 Å². The molecule has 4 nitrogen and oxygen atoms in total. The molecular formula is C22H24N2O2. The molecule has 0 aromatic heterocycles. The van der Waals surface area contributed by atoms with Crippen molar-refractivity contribution in [3.63, 3.8) is 0 Å². The minimum atomic E-state index is -0.175. The van der Waals surface area contributed by atoms with Crippen LogP contribution in [0.15, 0.2) is 72.1 Å². The van der Waals surface area contributed by atoms with Gasteiger partial charge in [-0.25, -0.2) is 0 Å². The molecule has 2 aromatic rings. The molecule has 26 heavy (non-hydrogen) atoms. The van der Waals surface area contributed by atoms with E-state index in [1.54, 1.807) is 0 Å². The summed E-state index contributed by atoms with van der Waals surface area (Å²) in [6.45, 7) is 5.91. The van der Waals surface area contributed by atoms with Crippen LogP contribution in [0.1, 0.15) is 25.0 Å². The van der Waals surface area contributed by atoms with Gasteiger partial charge in [-0.2, -0.15) is 0 Å². The van der Waals surface area contributed by atoms with Crippen molar-refractivity contribution in [3.8, 4) is 0 Å². The van der Waals surface area contributed by atoms with E-state index < -0.39 is 0 Å². The minimum absolute atomic E-state index is 0.175. The van der Waals surface area contributed by atoms with Crippen LogP contribution in [-0.4, -0.2) is 34.5 Å². The molecule has 0 aliphatic carbocycles. The van der Waals surface area contributed by atoms with Crippen LogP contribution in [0.4, 0.5) is 0 Å². The van der Waals surface area contributed by atoms with E-state index in [-0.39, 0.29) is 11.6 Å². The molecule has 0 atom stereocenters. The molecule has 0 radical (unpaired) electrons. The van der Waals surface area contributed by atoms with Gasteiger partial charge >= 0.3 is 0 Å². The minimum Gasteiger partial charge on any atom is -0.351 e. The average Bonchev–Trinajstić information content (AvgIpc) is 2.98. The van der Waals surface area contributed by atoms with Gasteiger partial charge in [0.25, 0.3) is 0 Å². The Balaban J connectivity index is 1.96. The Kier molecular flexibility index (Phi) is 5.52. The molecule has 0 N–H and O–H groups in total. The monoisotopic (exact) mass is 348 g/mol. The van der Waals surface area contributed by atoms with Crippen LogP contribution in [0.3, 0.4) is 0 Å². The first kappa shape index (κ1) is 17.9. The molecule has 2 aromatic carbocycles. The predicted octanol–water partition coefficient (Wildman–Crippen LogP) is 3.39. The molecule has 3 rings (SSSR count). The van der Waals surface area contributed by atoms with Crippen LogP contribution in [-0.2, 0) is 22.7 Å². The van der Waals surface area contributed by atoms with Gasteiger partial charge in [-0.1, -0.05) is 60.7 Å². The van der Waals surface area contributed by atoms with Gasteiger partial charge < -0.3 is 9.80 Å². The van der Waals surface area contributed by atoms with Gasteiger partial charge in [0, 0.05) is 26.2 Å². The number of carbonyl (C=O) groups excluding carboxylic acids is 2. The maximum absolute atomic E-state index is 12.2. The molecular weight excluding hydrogens is 324 g/mol. The third kappa shape index (κ3) is 4.02. The Labute approximate surface area is 154 Å². The smallest absolute Gasteiger partial charge is 0.167 e. The second kappa shape index (κ2) is 8.00. The van der Waals surface area contributed by atoms with Gasteiger partial charge in [0.2, 0.25) is 0 Å². The van der Waals surface area contributed by atoms with Crippen molar-refractivity contribution in [3.05, 3.63) is 83.2 Å². The van der Waals surface area contributed by atoms with Crippen molar-refractivity contribution in [2.45, 2.75) is 26.9 Å². The Bertz CT molecular complexity index is 745. The summed E-state index contributed by atoms with van der Waals surface area (Å²) in [4.78, 5) is 28.8. The summed E-state index contributed by atoms with van der Waals surface area (Å²) < 4.78 is 0. The van der Waals surface area contributed by atoms with Crippen molar-refractivity contribution < 1.29 is 9.59 Å². The summed E-state index contributed by atoms with van der Waals surface area (Å²) in [6.07, 6.45) is 0. The highest BCUT2D eigenvalue weighted by molar-refractivity contribution is 6.19. The molecule has 1 fully saturated rings. The van der Waals surface area contributed by atoms with Gasteiger partial charge in [0.15, 0.2) is 11.6 Å². The molecule has 0 amide bonds. The van der Waals surface area contributed by atoms with E-state index in [2.05, 4.69) is 34.1 Å². The summed E-state index contributed by atoms with van der Waals surface area (Å²) in [5, 5.41) is 0. The molecule has 1 aliphatic heterocycles. The summed E-state index contributed by atoms with van der Waals surface area (Å²) in [5.41, 5.74) is 2.63. The van der Waals surface area contributed by atoms with E-state index in [0.29, 0.717) is 18.7 Å². The first-order valence-electron chi connectivity index (χ1n) is 8.90. The van der Waals surface area contributed by atoms with Crippen LogP contribution in [0.5, 0.6) is 0 Å². The number of rotatable bonds is 6. The molecule has 134 valence electrons. The van der Waals surface area contributed by atoms with Gasteiger partial charge in [-0.3, -0.25) is 9.59 Å². The number of Topliss-reactive ketones (excluding diaryl/α,β-unsaturated/α-hetero) is 2. The van der Waals surface area contributed by atoms with E-state index >= 15 is 0 Å². The third-order valence-electron chi connectivity index (χ3n) is 4.60. The topological polar surface area (TPSA) is 40.6 Å². The van der Waals surface area contributed by atoms with E-state index in [1.165, 1.54) is 13.8 Å². The first-order chi connectivity index (χ1) is 12.6. The van der Waals surface area contributed by atoms with Gasteiger partial charge in [-0.15, -0.1) is 0 Å². The van der Waals surface area contributed by atoms with Gasteiger partial charge in [0.05, 0.1) is 0 Å². The molecule has 1 aliphatic rings. The largest absolute Gasteiger partial charge is 0.351 e. The fourth-order valence-corrected chi connectivity index (χ4v) is 3.45. The second-order valence-corrected chi connectivity index (χ2v) is 6.63. The number of nitrogens with zero attached hydrogens (tertiary/aromatic N) is 2. The van der Waals surface area contributed by atoms with Gasteiger partial charge in [-0.05, 0) is 25.0 Å². The normalized spacial score (nSPS) is 13.8. The molecule has 0 bridgehead atoms. The lowest BCUT2D eigenvalue weighted by molar-refractivity contribution is -0.119.